The Hall–Kier alpha value is -0.280. The minimum atomic E-state index is -0.168. The van der Waals surface area contributed by atoms with E-state index in [-0.39, 0.29) is 17.4 Å². The van der Waals surface area contributed by atoms with Crippen LogP contribution in [0.3, 0.4) is 0 Å². The molecule has 0 aliphatic heterocycles. The Morgan fingerprint density at radius 2 is 2.12 bits per heavy atom. The monoisotopic (exact) mass is 247 g/mol. The van der Waals surface area contributed by atoms with Crippen molar-refractivity contribution in [2.75, 3.05) is 19.6 Å². The number of amides is 1. The number of carbonyl (C=O) groups is 1. The third-order valence-electron chi connectivity index (χ3n) is 3.42. The van der Waals surface area contributed by atoms with Gasteiger partial charge < -0.3 is 10.1 Å². The van der Waals surface area contributed by atoms with Gasteiger partial charge in [0, 0.05) is 18.4 Å². The molecule has 0 aromatic heterocycles. The second kappa shape index (κ2) is 6.45. The maximum absolute atomic E-state index is 12.1. The van der Waals surface area contributed by atoms with E-state index in [0.29, 0.717) is 12.5 Å². The highest BCUT2D eigenvalue weighted by atomic mass is 35.5. The lowest BCUT2D eigenvalue weighted by Gasteiger charge is -2.26. The number of hydrogen-bond donors (Lipinski definition) is 1. The van der Waals surface area contributed by atoms with Gasteiger partial charge in [0.2, 0.25) is 5.91 Å². The van der Waals surface area contributed by atoms with Crippen LogP contribution < -0.4 is 5.32 Å². The van der Waals surface area contributed by atoms with E-state index in [1.807, 2.05) is 0 Å². The van der Waals surface area contributed by atoms with Crippen molar-refractivity contribution in [3.63, 3.8) is 0 Å². The molecule has 1 fully saturated rings. The zero-order chi connectivity index (χ0) is 12.0. The first-order valence-electron chi connectivity index (χ1n) is 5.98. The fourth-order valence-electron chi connectivity index (χ4n) is 2.27. The van der Waals surface area contributed by atoms with Gasteiger partial charge in [0.05, 0.1) is 12.6 Å². The molecular weight excluding hydrogens is 226 g/mol. The summed E-state index contributed by atoms with van der Waals surface area (Å²) in [7, 11) is 1.64. The van der Waals surface area contributed by atoms with Crippen LogP contribution in [0.5, 0.6) is 0 Å². The van der Waals surface area contributed by atoms with E-state index < -0.39 is 0 Å². The largest absolute Gasteiger partial charge is 0.383 e. The number of carbonyl (C=O) groups excluding carboxylic acids is 1. The smallest absolute Gasteiger partial charge is 0.226 e. The Morgan fingerprint density at radius 3 is 2.62 bits per heavy atom. The molecule has 1 atom stereocenters. The lowest BCUT2D eigenvalue weighted by Crippen LogP contribution is -2.45. The summed E-state index contributed by atoms with van der Waals surface area (Å²) in [6.07, 6.45) is 5.08. The second-order valence-corrected chi connectivity index (χ2v) is 5.25. The Labute approximate surface area is 103 Å². The maximum Gasteiger partial charge on any atom is 0.226 e. The molecule has 0 heterocycles. The number of ether oxygens (including phenoxy) is 1. The van der Waals surface area contributed by atoms with Gasteiger partial charge in [0.25, 0.3) is 0 Å². The lowest BCUT2D eigenvalue weighted by atomic mass is 9.87. The van der Waals surface area contributed by atoms with Crippen LogP contribution in [-0.4, -0.2) is 31.5 Å². The molecule has 1 rings (SSSR count). The predicted molar refractivity (Wildman–Crippen MR) is 65.7 cm³/mol. The van der Waals surface area contributed by atoms with Crippen LogP contribution >= 0.6 is 11.6 Å². The lowest BCUT2D eigenvalue weighted by molar-refractivity contribution is -0.131. The molecule has 1 aliphatic carbocycles. The van der Waals surface area contributed by atoms with Crippen LogP contribution in [0.4, 0.5) is 0 Å². The van der Waals surface area contributed by atoms with Crippen LogP contribution in [-0.2, 0) is 9.53 Å². The summed E-state index contributed by atoms with van der Waals surface area (Å²) in [6.45, 7) is 2.59. The number of nitrogens with one attached hydrogen (secondary N) is 1. The molecular formula is C12H22ClNO2. The van der Waals surface area contributed by atoms with Gasteiger partial charge in [-0.05, 0) is 19.3 Å². The molecule has 94 valence electrons. The highest BCUT2D eigenvalue weighted by molar-refractivity contribution is 6.17. The topological polar surface area (TPSA) is 38.3 Å². The Morgan fingerprint density at radius 1 is 1.50 bits per heavy atom. The van der Waals surface area contributed by atoms with Gasteiger partial charge in [-0.15, -0.1) is 11.6 Å². The van der Waals surface area contributed by atoms with Crippen LogP contribution in [0.2, 0.25) is 0 Å². The zero-order valence-electron chi connectivity index (χ0n) is 10.2. The minimum absolute atomic E-state index is 0.0485. The van der Waals surface area contributed by atoms with E-state index in [4.69, 9.17) is 16.3 Å². The molecule has 0 radical (unpaired) electrons. The number of methoxy groups -OCH3 is 1. The zero-order valence-corrected chi connectivity index (χ0v) is 11.0. The molecule has 3 nitrogen and oxygen atoms in total. The molecule has 1 aliphatic rings. The molecule has 1 saturated carbocycles. The third kappa shape index (κ3) is 3.63. The molecule has 1 N–H and O–H groups in total. The molecule has 4 heteroatoms. The molecule has 0 aromatic rings. The quantitative estimate of drug-likeness (QED) is 0.732. The van der Waals surface area contributed by atoms with Crippen molar-refractivity contribution < 1.29 is 9.53 Å². The summed E-state index contributed by atoms with van der Waals surface area (Å²) in [5, 5.41) is 3.05. The number of rotatable bonds is 6. The first-order chi connectivity index (χ1) is 7.62. The summed E-state index contributed by atoms with van der Waals surface area (Å²) in [5.41, 5.74) is -0.168. The van der Waals surface area contributed by atoms with Crippen molar-refractivity contribution in [1.29, 1.82) is 0 Å². The summed E-state index contributed by atoms with van der Waals surface area (Å²) >= 11 is 5.70. The molecule has 16 heavy (non-hydrogen) atoms. The summed E-state index contributed by atoms with van der Waals surface area (Å²) in [6, 6.07) is 0.0485. The van der Waals surface area contributed by atoms with Gasteiger partial charge >= 0.3 is 0 Å². The van der Waals surface area contributed by atoms with Crippen LogP contribution in [0.15, 0.2) is 0 Å². The Kier molecular flexibility index (Phi) is 5.56. The molecule has 1 unspecified atom stereocenters. The van der Waals surface area contributed by atoms with Crippen molar-refractivity contribution in [1.82, 2.24) is 5.32 Å². The van der Waals surface area contributed by atoms with E-state index >= 15 is 0 Å². The maximum atomic E-state index is 12.1. The van der Waals surface area contributed by atoms with E-state index in [9.17, 15) is 4.79 Å². The Balaban J connectivity index is 2.46. The normalized spacial score (nSPS) is 20.7. The van der Waals surface area contributed by atoms with Crippen LogP contribution in [0.1, 0.15) is 39.0 Å². The summed E-state index contributed by atoms with van der Waals surface area (Å²) in [4.78, 5) is 12.1. The number of alkyl halides is 1. The van der Waals surface area contributed by atoms with Crippen molar-refractivity contribution in [3.8, 4) is 0 Å². The predicted octanol–water partition coefficient (Wildman–Crippen LogP) is 2.33. The fraction of sp³-hybridized carbons (Fsp3) is 0.917. The average Bonchev–Trinajstić information content (AvgIpc) is 2.67. The third-order valence-corrected chi connectivity index (χ3v) is 3.63. The van der Waals surface area contributed by atoms with E-state index in [2.05, 4.69) is 12.2 Å². The van der Waals surface area contributed by atoms with Gasteiger partial charge in [-0.2, -0.15) is 0 Å². The first-order valence-corrected chi connectivity index (χ1v) is 6.52. The standard InChI is InChI=1S/C12H22ClNO2/c1-12(6-3-4-7-12)11(15)14-10(5-8-13)9-16-2/h10H,3-9H2,1-2H3,(H,14,15). The first kappa shape index (κ1) is 13.8. The molecule has 0 spiro atoms. The number of hydrogen-bond acceptors (Lipinski definition) is 2. The molecule has 0 bridgehead atoms. The number of halogens is 1. The molecule has 1 amide bonds. The van der Waals surface area contributed by atoms with Crippen molar-refractivity contribution in [2.24, 2.45) is 5.41 Å². The summed E-state index contributed by atoms with van der Waals surface area (Å²) in [5.74, 6) is 0.711. The van der Waals surface area contributed by atoms with Gasteiger partial charge in [-0.3, -0.25) is 4.79 Å². The highest BCUT2D eigenvalue weighted by Gasteiger charge is 2.36. The van der Waals surface area contributed by atoms with E-state index in [1.165, 1.54) is 0 Å². The van der Waals surface area contributed by atoms with Crippen LogP contribution in [0, 0.1) is 5.41 Å². The highest BCUT2D eigenvalue weighted by Crippen LogP contribution is 2.37. The second-order valence-electron chi connectivity index (χ2n) is 4.87. The molecule has 0 saturated heterocycles. The van der Waals surface area contributed by atoms with E-state index in [1.54, 1.807) is 7.11 Å². The minimum Gasteiger partial charge on any atom is -0.383 e. The van der Waals surface area contributed by atoms with E-state index in [0.717, 1.165) is 32.1 Å². The van der Waals surface area contributed by atoms with Gasteiger partial charge in [-0.25, -0.2) is 0 Å². The fourth-order valence-corrected chi connectivity index (χ4v) is 2.54. The van der Waals surface area contributed by atoms with Gasteiger partial charge in [0.1, 0.15) is 0 Å². The van der Waals surface area contributed by atoms with Crippen molar-refractivity contribution >= 4 is 17.5 Å². The summed E-state index contributed by atoms with van der Waals surface area (Å²) < 4.78 is 5.08. The van der Waals surface area contributed by atoms with Gasteiger partial charge in [0.15, 0.2) is 0 Å². The van der Waals surface area contributed by atoms with Crippen LogP contribution in [0.25, 0.3) is 0 Å². The van der Waals surface area contributed by atoms with Gasteiger partial charge in [-0.1, -0.05) is 19.8 Å². The average molecular weight is 248 g/mol. The SMILES string of the molecule is COCC(CCCl)NC(=O)C1(C)CCCC1. The van der Waals surface area contributed by atoms with Crippen molar-refractivity contribution in [2.45, 2.75) is 45.1 Å². The molecule has 0 aromatic carbocycles. The van der Waals surface area contributed by atoms with Crippen molar-refractivity contribution in [3.05, 3.63) is 0 Å². The Bertz CT molecular complexity index is 221.